The van der Waals surface area contributed by atoms with Gasteiger partial charge in [-0.05, 0) is 93.2 Å². The van der Waals surface area contributed by atoms with Crippen molar-refractivity contribution in [3.05, 3.63) is 51.7 Å². The standard InChI is InChI=1S/C53H78N18O13S/c54-51(55)60-17-2-9-30(26-72)64-44(77)32(11-3-18-61-52(56)57)66-46(79)37-13-5-20-69(37)49(82)42-39(74)16-21-70(42)40(75)25-63-43(76)35(24-31-10-6-22-85-31)68-45(78)36(27-73)65-33-15-14-28-7-1-8-29-23-38(71(41(28)29)48(33)81)47(80)67-34(50(83)84)12-4-19-62-53(58)59/h1,6-8,10,22,26,30,32-39,42,65,73-74H,2-5,9,11-21,23-25,27H2,(H,63,76)(H,64,77)(H,66,79)(H,67,80)(H,68,78)(H,83,84)(H4,54,55,60)(H4,56,57,61)(H4,58,59,62)/t30-,32+,33-,34+,35+,36+,37+,38+,39?,42+/m1/s1. The number of aliphatic hydroxyl groups is 2. The molecule has 0 spiro atoms. The van der Waals surface area contributed by atoms with E-state index in [1.807, 2.05) is 0 Å². The van der Waals surface area contributed by atoms with Crippen LogP contribution in [-0.2, 0) is 67.2 Å². The number of amides is 8. The van der Waals surface area contributed by atoms with Gasteiger partial charge in [0.05, 0.1) is 37.0 Å². The first kappa shape index (κ1) is 65.7. The Morgan fingerprint density at radius 2 is 1.33 bits per heavy atom. The highest BCUT2D eigenvalue weighted by Gasteiger charge is 2.48. The van der Waals surface area contributed by atoms with Gasteiger partial charge in [-0.15, -0.1) is 11.3 Å². The molecular weight excluding hydrogens is 1130 g/mol. The molecular formula is C53H78N18O13S. The van der Waals surface area contributed by atoms with E-state index in [1.54, 1.807) is 35.7 Å². The third-order valence-corrected chi connectivity index (χ3v) is 15.9. The van der Waals surface area contributed by atoms with Gasteiger partial charge in [-0.1, -0.05) is 24.3 Å². The summed E-state index contributed by atoms with van der Waals surface area (Å²) in [5.41, 5.74) is 34.4. The van der Waals surface area contributed by atoms with Crippen molar-refractivity contribution in [3.8, 4) is 0 Å². The van der Waals surface area contributed by atoms with E-state index >= 15 is 0 Å². The molecule has 2 aromatic rings. The first-order valence-corrected chi connectivity index (χ1v) is 28.9. The molecule has 4 aliphatic heterocycles. The number of benzene rings is 1. The normalized spacial score (nSPS) is 20.5. The van der Waals surface area contributed by atoms with E-state index < -0.39 is 127 Å². The van der Waals surface area contributed by atoms with Gasteiger partial charge in [0.25, 0.3) is 0 Å². The molecule has 10 atom stereocenters. The summed E-state index contributed by atoms with van der Waals surface area (Å²) in [5, 5.41) is 49.5. The monoisotopic (exact) mass is 1210 g/mol. The van der Waals surface area contributed by atoms with Gasteiger partial charge in [0.15, 0.2) is 17.9 Å². The lowest BCUT2D eigenvalue weighted by Crippen LogP contribution is -2.60. The molecule has 4 aliphatic rings. The van der Waals surface area contributed by atoms with E-state index in [-0.39, 0.29) is 115 Å². The van der Waals surface area contributed by atoms with Crippen molar-refractivity contribution in [2.75, 3.05) is 50.8 Å². The zero-order valence-corrected chi connectivity index (χ0v) is 47.8. The first-order valence-electron chi connectivity index (χ1n) is 28.1. The number of rotatable bonds is 31. The quantitative estimate of drug-likeness (QED) is 0.0145. The second kappa shape index (κ2) is 31.4. The Labute approximate surface area is 493 Å². The molecule has 0 saturated carbocycles. The number of nitrogens with zero attached hydrogens (tertiary/aromatic N) is 6. The highest BCUT2D eigenvalue weighted by molar-refractivity contribution is 7.09. The molecule has 2 fully saturated rings. The average molecular weight is 1210 g/mol. The van der Waals surface area contributed by atoms with Crippen molar-refractivity contribution in [1.82, 2.24) is 41.7 Å². The fourth-order valence-corrected chi connectivity index (χ4v) is 11.6. The van der Waals surface area contributed by atoms with E-state index in [2.05, 4.69) is 46.9 Å². The average Bonchev–Trinajstić information content (AvgIpc) is 2.85. The molecule has 1 aromatic carbocycles. The Hall–Kier alpha value is -8.49. The number of para-hydroxylation sites is 1. The van der Waals surface area contributed by atoms with E-state index in [9.17, 15) is 63.3 Å². The van der Waals surface area contributed by atoms with Crippen molar-refractivity contribution in [3.63, 3.8) is 0 Å². The van der Waals surface area contributed by atoms with Gasteiger partial charge in [-0.2, -0.15) is 0 Å². The molecule has 31 nitrogen and oxygen atoms in total. The number of carboxylic acids is 1. The Morgan fingerprint density at radius 1 is 0.706 bits per heavy atom. The minimum absolute atomic E-state index is 0.0131. The van der Waals surface area contributed by atoms with Crippen molar-refractivity contribution >= 4 is 94.4 Å². The molecule has 1 unspecified atom stereocenters. The minimum Gasteiger partial charge on any atom is -0.480 e. The number of likely N-dealkylation sites (tertiary alicyclic amines) is 2. The molecule has 0 bridgehead atoms. The van der Waals surface area contributed by atoms with Gasteiger partial charge < -0.3 is 90.9 Å². The Bertz CT molecular complexity index is 2830. The van der Waals surface area contributed by atoms with Crippen molar-refractivity contribution in [2.24, 2.45) is 49.4 Å². The Morgan fingerprint density at radius 3 is 1.95 bits per heavy atom. The number of aliphatic carboxylic acids is 1. The van der Waals surface area contributed by atoms with Crippen LogP contribution in [0.5, 0.6) is 0 Å². The SMILES string of the molecule is NC(N)=NCCC[C@H](NC(=O)[C@@H]1Cc2cccc3c2N1C(=O)[C@H](N[C@@H](CO)C(=O)N[C@@H](Cc1cccs1)C(=O)NCC(=O)N1CCC(O)[C@H]1C(=O)N1CCC[C@H]1C(=O)N[C@@H](CCCN=C(N)N)C(=O)N[C@@H](C=O)CCCN=C(N)N)CC3)C(=O)O. The largest absolute Gasteiger partial charge is 0.480 e. The van der Waals surface area contributed by atoms with Crippen LogP contribution in [0.4, 0.5) is 5.69 Å². The van der Waals surface area contributed by atoms with Gasteiger partial charge in [-0.25, -0.2) is 4.79 Å². The number of aldehydes is 1. The minimum atomic E-state index is -1.49. The van der Waals surface area contributed by atoms with Crippen LogP contribution in [0.3, 0.4) is 0 Å². The van der Waals surface area contributed by atoms with Crippen molar-refractivity contribution in [2.45, 2.75) is 144 Å². The van der Waals surface area contributed by atoms with E-state index in [0.717, 1.165) is 10.5 Å². The number of carboxylic acid groups (broad SMARTS) is 1. The molecule has 0 aliphatic carbocycles. The van der Waals surface area contributed by atoms with Crippen LogP contribution < -0.4 is 71.2 Å². The molecule has 1 aromatic heterocycles. The maximum absolute atomic E-state index is 14.6. The van der Waals surface area contributed by atoms with Crippen LogP contribution in [0, 0.1) is 0 Å². The number of hydrogen-bond donors (Lipinski definition) is 15. The van der Waals surface area contributed by atoms with Gasteiger partial charge in [0.1, 0.15) is 48.6 Å². The third kappa shape index (κ3) is 18.0. The number of carbonyl (C=O) groups excluding carboxylic acids is 9. The summed E-state index contributed by atoms with van der Waals surface area (Å²) in [6.07, 6.45) is 1.14. The molecule has 8 amide bonds. The molecule has 6 rings (SSSR count). The zero-order valence-electron chi connectivity index (χ0n) is 46.9. The van der Waals surface area contributed by atoms with Crippen molar-refractivity contribution in [1.29, 1.82) is 0 Å². The number of aliphatic hydroxyl groups excluding tert-OH is 2. The number of aliphatic imine (C=N–C) groups is 3. The summed E-state index contributed by atoms with van der Waals surface area (Å²) >= 11 is 1.28. The summed E-state index contributed by atoms with van der Waals surface area (Å²) in [6, 6.07) is -2.46. The lowest BCUT2D eigenvalue weighted by atomic mass is 10.0. The predicted molar refractivity (Wildman–Crippen MR) is 311 cm³/mol. The number of aryl methyl sites for hydroxylation is 1. The van der Waals surface area contributed by atoms with E-state index in [4.69, 9.17) is 34.4 Å². The van der Waals surface area contributed by atoms with Crippen LogP contribution in [-0.4, -0.2) is 209 Å². The summed E-state index contributed by atoms with van der Waals surface area (Å²) < 4.78 is 0. The highest BCUT2D eigenvalue weighted by Crippen LogP contribution is 2.39. The van der Waals surface area contributed by atoms with Crippen LogP contribution in [0.25, 0.3) is 0 Å². The fourth-order valence-electron chi connectivity index (χ4n) is 10.8. The van der Waals surface area contributed by atoms with Crippen LogP contribution >= 0.6 is 11.3 Å². The number of nitrogens with one attached hydrogen (secondary N) is 6. The fraction of sp³-hybridized carbons (Fsp3) is 0.566. The number of guanidine groups is 3. The second-order valence-electron chi connectivity index (χ2n) is 21.0. The molecule has 2 saturated heterocycles. The first-order chi connectivity index (χ1) is 40.6. The highest BCUT2D eigenvalue weighted by atomic mass is 32.1. The van der Waals surface area contributed by atoms with Gasteiger partial charge in [-0.3, -0.25) is 63.6 Å². The number of anilines is 1. The third-order valence-electron chi connectivity index (χ3n) is 15.0. The number of carbonyl (C=O) groups is 10. The number of hydrogen-bond acceptors (Lipinski definition) is 17. The molecule has 32 heteroatoms. The zero-order chi connectivity index (χ0) is 61.9. The summed E-state index contributed by atoms with van der Waals surface area (Å²) in [6.45, 7) is -1.14. The van der Waals surface area contributed by atoms with E-state index in [0.29, 0.717) is 41.7 Å². The summed E-state index contributed by atoms with van der Waals surface area (Å²) in [4.78, 5) is 153. The molecule has 464 valence electrons. The predicted octanol–water partition coefficient (Wildman–Crippen LogP) is -6.03. The second-order valence-corrected chi connectivity index (χ2v) is 22.1. The number of nitrogens with two attached hydrogens (primary N) is 6. The van der Waals surface area contributed by atoms with E-state index in [1.165, 1.54) is 21.1 Å². The maximum atomic E-state index is 14.6. The lowest BCUT2D eigenvalue weighted by molar-refractivity contribution is -0.149. The molecule has 0 radical (unpaired) electrons. The summed E-state index contributed by atoms with van der Waals surface area (Å²) in [7, 11) is 0. The lowest BCUT2D eigenvalue weighted by Gasteiger charge is -2.33. The van der Waals surface area contributed by atoms with Gasteiger partial charge in [0.2, 0.25) is 47.3 Å². The maximum Gasteiger partial charge on any atom is 0.326 e. The van der Waals surface area contributed by atoms with Crippen LogP contribution in [0.1, 0.15) is 80.2 Å². The molecule has 5 heterocycles. The topological polar surface area (TPSA) is 506 Å². The van der Waals surface area contributed by atoms with Gasteiger partial charge >= 0.3 is 5.97 Å². The Balaban J connectivity index is 1.10. The molecule has 21 N–H and O–H groups in total. The number of thiophene rings is 1. The van der Waals surface area contributed by atoms with Gasteiger partial charge in [0, 0.05) is 50.4 Å². The van der Waals surface area contributed by atoms with Crippen LogP contribution in [0.2, 0.25) is 0 Å². The molecule has 85 heavy (non-hydrogen) atoms. The smallest absolute Gasteiger partial charge is 0.326 e. The van der Waals surface area contributed by atoms with Crippen LogP contribution in [0.15, 0.2) is 50.7 Å². The Kier molecular flexibility index (Phi) is 24.3. The van der Waals surface area contributed by atoms with Crippen molar-refractivity contribution < 1.29 is 63.3 Å². The summed E-state index contributed by atoms with van der Waals surface area (Å²) in [5.74, 6) is -7.77.